The van der Waals surface area contributed by atoms with E-state index in [2.05, 4.69) is 0 Å². The molecular weight excluding hydrogens is 303 g/mol. The summed E-state index contributed by atoms with van der Waals surface area (Å²) in [6, 6.07) is 6.87. The molecule has 0 heterocycles. The molecule has 0 radical (unpaired) electrons. The molecule has 0 unspecified atom stereocenters. The second kappa shape index (κ2) is 9.26. The van der Waals surface area contributed by atoms with Crippen molar-refractivity contribution in [1.82, 2.24) is 0 Å². The van der Waals surface area contributed by atoms with Gasteiger partial charge in [0.25, 0.3) is 0 Å². The van der Waals surface area contributed by atoms with Crippen molar-refractivity contribution in [2.75, 3.05) is 31.7 Å². The van der Waals surface area contributed by atoms with Gasteiger partial charge in [-0.2, -0.15) is 5.26 Å². The fraction of sp³-hybridized carbons (Fsp3) is 0.400. The van der Waals surface area contributed by atoms with Crippen LogP contribution in [0, 0.1) is 11.3 Å². The quantitative estimate of drug-likeness (QED) is 0.425. The van der Waals surface area contributed by atoms with Crippen LogP contribution in [0.3, 0.4) is 0 Å². The van der Waals surface area contributed by atoms with Gasteiger partial charge in [0.1, 0.15) is 18.4 Å². The van der Waals surface area contributed by atoms with Crippen molar-refractivity contribution in [2.24, 2.45) is 0 Å². The van der Waals surface area contributed by atoms with Gasteiger partial charge in [-0.25, -0.2) is 0 Å². The number of benzene rings is 1. The highest BCUT2D eigenvalue weighted by molar-refractivity contribution is 7.54. The summed E-state index contributed by atoms with van der Waals surface area (Å²) in [5.41, 5.74) is 6.60. The van der Waals surface area contributed by atoms with Crippen LogP contribution < -0.4 is 10.5 Å². The molecule has 0 atom stereocenters. The number of rotatable bonds is 9. The predicted molar refractivity (Wildman–Crippen MR) is 85.9 cm³/mol. The maximum absolute atomic E-state index is 12.2. The minimum atomic E-state index is -3.07. The third kappa shape index (κ3) is 5.90. The van der Waals surface area contributed by atoms with Gasteiger partial charge in [0, 0.05) is 11.8 Å². The molecule has 1 rings (SSSR count). The monoisotopic (exact) mass is 324 g/mol. The third-order valence-electron chi connectivity index (χ3n) is 2.61. The lowest BCUT2D eigenvalue weighted by molar-refractivity contribution is 0.222. The lowest BCUT2D eigenvalue weighted by Gasteiger charge is -2.14. The van der Waals surface area contributed by atoms with E-state index >= 15 is 0 Å². The van der Waals surface area contributed by atoms with Gasteiger partial charge in [-0.05, 0) is 26.0 Å². The lowest BCUT2D eigenvalue weighted by atomic mass is 10.2. The maximum atomic E-state index is 12.2. The molecule has 0 spiro atoms. The molecular formula is C15H21N2O4P. The minimum Gasteiger partial charge on any atom is -0.488 e. The zero-order chi connectivity index (χ0) is 16.4. The topological polar surface area (TPSA) is 94.6 Å². The van der Waals surface area contributed by atoms with E-state index in [0.717, 1.165) is 0 Å². The maximum Gasteiger partial charge on any atom is 0.334 e. The van der Waals surface area contributed by atoms with Gasteiger partial charge < -0.3 is 19.5 Å². The second-order valence-corrected chi connectivity index (χ2v) is 6.38. The van der Waals surface area contributed by atoms with Gasteiger partial charge in [0.05, 0.1) is 24.9 Å². The van der Waals surface area contributed by atoms with Crippen LogP contribution in [0.1, 0.15) is 19.4 Å². The van der Waals surface area contributed by atoms with Gasteiger partial charge in [0.2, 0.25) is 0 Å². The molecule has 0 aliphatic rings. The van der Waals surface area contributed by atoms with Crippen LogP contribution in [0.4, 0.5) is 5.69 Å². The number of nitrogens with zero attached hydrogens (tertiary/aromatic N) is 1. The van der Waals surface area contributed by atoms with Gasteiger partial charge in [0.15, 0.2) is 0 Å². The molecule has 0 amide bonds. The van der Waals surface area contributed by atoms with E-state index in [1.54, 1.807) is 44.2 Å². The SMILES string of the molecule is CCOP(=O)(CC=CCOc1cc(N)ccc1C#N)OCC. The van der Waals surface area contributed by atoms with E-state index in [1.807, 2.05) is 6.07 Å². The molecule has 0 bridgehead atoms. The lowest BCUT2D eigenvalue weighted by Crippen LogP contribution is -2.00. The molecule has 22 heavy (non-hydrogen) atoms. The Hall–Kier alpha value is -1.80. The number of nitrogen functional groups attached to an aromatic ring is 1. The number of hydrogen-bond acceptors (Lipinski definition) is 6. The van der Waals surface area contributed by atoms with Crippen LogP contribution in [0.5, 0.6) is 5.75 Å². The van der Waals surface area contributed by atoms with Crippen molar-refractivity contribution < 1.29 is 18.3 Å². The largest absolute Gasteiger partial charge is 0.488 e. The Morgan fingerprint density at radius 3 is 2.55 bits per heavy atom. The van der Waals surface area contributed by atoms with Crippen molar-refractivity contribution >= 4 is 13.3 Å². The number of ether oxygens (including phenoxy) is 1. The predicted octanol–water partition coefficient (Wildman–Crippen LogP) is 3.34. The summed E-state index contributed by atoms with van der Waals surface area (Å²) in [6.07, 6.45) is 3.57. The molecule has 7 heteroatoms. The average molecular weight is 324 g/mol. The number of allylic oxidation sites excluding steroid dienone is 1. The first-order chi connectivity index (χ1) is 10.5. The number of nitrogens with two attached hydrogens (primary N) is 1. The Kier molecular flexibility index (Phi) is 7.69. The fourth-order valence-corrected chi connectivity index (χ4v) is 3.18. The summed E-state index contributed by atoms with van der Waals surface area (Å²) < 4.78 is 28.0. The minimum absolute atomic E-state index is 0.181. The fourth-order valence-electron chi connectivity index (χ4n) is 1.70. The first kappa shape index (κ1) is 18.2. The van der Waals surface area contributed by atoms with Crippen LogP contribution in [0.25, 0.3) is 0 Å². The van der Waals surface area contributed by atoms with Gasteiger partial charge in [-0.3, -0.25) is 4.57 Å². The van der Waals surface area contributed by atoms with Crippen molar-refractivity contribution in [3.05, 3.63) is 35.9 Å². The highest BCUT2D eigenvalue weighted by Crippen LogP contribution is 2.47. The van der Waals surface area contributed by atoms with E-state index in [0.29, 0.717) is 30.2 Å². The molecule has 0 aromatic heterocycles. The number of hydrogen-bond donors (Lipinski definition) is 1. The average Bonchev–Trinajstić information content (AvgIpc) is 2.47. The highest BCUT2D eigenvalue weighted by Gasteiger charge is 2.20. The molecule has 120 valence electrons. The summed E-state index contributed by atoms with van der Waals surface area (Å²) in [4.78, 5) is 0. The molecule has 0 aliphatic heterocycles. The standard InChI is InChI=1S/C15H21N2O4P/c1-3-20-22(18,21-4-2)10-6-5-9-19-15-11-14(17)8-7-13(15)12-16/h5-8,11H,3-4,9-10,17H2,1-2H3. The molecule has 0 saturated carbocycles. The van der Waals surface area contributed by atoms with Crippen molar-refractivity contribution in [1.29, 1.82) is 5.26 Å². The first-order valence-corrected chi connectivity index (χ1v) is 8.73. The molecule has 1 aromatic rings. The Morgan fingerprint density at radius 2 is 1.95 bits per heavy atom. The van der Waals surface area contributed by atoms with Crippen LogP contribution in [-0.4, -0.2) is 26.0 Å². The zero-order valence-corrected chi connectivity index (χ0v) is 13.7. The smallest absolute Gasteiger partial charge is 0.334 e. The van der Waals surface area contributed by atoms with E-state index in [-0.39, 0.29) is 12.8 Å². The molecule has 2 N–H and O–H groups in total. The van der Waals surface area contributed by atoms with Crippen LogP contribution in [-0.2, 0) is 13.6 Å². The van der Waals surface area contributed by atoms with Crippen molar-refractivity contribution in [3.8, 4) is 11.8 Å². The van der Waals surface area contributed by atoms with Crippen LogP contribution in [0.2, 0.25) is 0 Å². The van der Waals surface area contributed by atoms with Gasteiger partial charge in [-0.1, -0.05) is 12.2 Å². The Bertz CT molecular complexity index is 586. The van der Waals surface area contributed by atoms with Crippen LogP contribution in [0.15, 0.2) is 30.4 Å². The zero-order valence-electron chi connectivity index (χ0n) is 12.8. The summed E-state index contributed by atoms with van der Waals surface area (Å²) in [5, 5.41) is 8.98. The Labute approximate surface area is 131 Å². The second-order valence-electron chi connectivity index (χ2n) is 4.28. The van der Waals surface area contributed by atoms with E-state index in [4.69, 9.17) is 24.8 Å². The van der Waals surface area contributed by atoms with E-state index in [9.17, 15) is 4.57 Å². The summed E-state index contributed by atoms with van der Waals surface area (Å²) in [6.45, 7) is 4.42. The van der Waals surface area contributed by atoms with Crippen LogP contribution >= 0.6 is 7.60 Å². The molecule has 0 fully saturated rings. The first-order valence-electron chi connectivity index (χ1n) is 7.00. The summed E-state index contributed by atoms with van der Waals surface area (Å²) >= 11 is 0. The molecule has 1 aromatic carbocycles. The van der Waals surface area contributed by atoms with Gasteiger partial charge in [-0.15, -0.1) is 0 Å². The summed E-state index contributed by atoms with van der Waals surface area (Å²) in [7, 11) is -3.07. The van der Waals surface area contributed by atoms with Crippen molar-refractivity contribution in [2.45, 2.75) is 13.8 Å². The van der Waals surface area contributed by atoms with E-state index < -0.39 is 7.60 Å². The molecule has 0 saturated heterocycles. The Morgan fingerprint density at radius 1 is 1.27 bits per heavy atom. The van der Waals surface area contributed by atoms with E-state index in [1.165, 1.54) is 0 Å². The number of nitriles is 1. The third-order valence-corrected chi connectivity index (χ3v) is 4.57. The van der Waals surface area contributed by atoms with Gasteiger partial charge >= 0.3 is 7.60 Å². The Balaban J connectivity index is 2.55. The number of anilines is 1. The molecule has 0 aliphatic carbocycles. The highest BCUT2D eigenvalue weighted by atomic mass is 31.2. The normalized spacial score (nSPS) is 11.5. The summed E-state index contributed by atoms with van der Waals surface area (Å²) in [5.74, 6) is 0.421. The molecule has 6 nitrogen and oxygen atoms in total. The van der Waals surface area contributed by atoms with Crippen molar-refractivity contribution in [3.63, 3.8) is 0 Å².